The smallest absolute Gasteiger partial charge is 0.420 e. The molecule has 2 saturated carbocycles. The summed E-state index contributed by atoms with van der Waals surface area (Å²) in [7, 11) is 0. The molecule has 0 unspecified atom stereocenters. The van der Waals surface area contributed by atoms with Crippen LogP contribution in [-0.4, -0.2) is 75.4 Å². The van der Waals surface area contributed by atoms with E-state index in [4.69, 9.17) is 0 Å². The number of unbranched alkanes of at least 4 members (excludes halogenated alkanes) is 1. The van der Waals surface area contributed by atoms with Crippen LogP contribution < -0.4 is 30.7 Å². The van der Waals surface area contributed by atoms with Gasteiger partial charge in [0.05, 0.1) is 10.8 Å². The Kier molecular flexibility index (Phi) is 15.2. The molecule has 16 heteroatoms. The second-order valence-corrected chi connectivity index (χ2v) is 19.4. The summed E-state index contributed by atoms with van der Waals surface area (Å²) in [6.45, 7) is 12.4. The van der Waals surface area contributed by atoms with Crippen molar-refractivity contribution < 1.29 is 55.0 Å². The predicted molar refractivity (Wildman–Crippen MR) is 229 cm³/mol. The van der Waals surface area contributed by atoms with Crippen LogP contribution in [0.4, 0.5) is 26.3 Å². The molecule has 0 radical (unpaired) electrons. The molecule has 2 fully saturated rings. The van der Waals surface area contributed by atoms with E-state index in [0.29, 0.717) is 25.9 Å². The number of ether oxygens (including phenoxy) is 2. The molecule has 0 saturated heterocycles. The van der Waals surface area contributed by atoms with Gasteiger partial charge in [0.25, 0.3) is 0 Å². The maximum atomic E-state index is 13.7. The third kappa shape index (κ3) is 10.6. The molecule has 0 bridgehead atoms. The van der Waals surface area contributed by atoms with Crippen LogP contribution in [0.15, 0.2) is 36.4 Å². The number of carbonyl (C=O) groups excluding carboxylic acids is 4. The minimum atomic E-state index is -5.09. The molecule has 6 atom stereocenters. The molecule has 4 aliphatic carbocycles. The maximum absolute atomic E-state index is 13.7. The minimum absolute atomic E-state index is 0.00289. The van der Waals surface area contributed by atoms with E-state index in [-0.39, 0.29) is 35.1 Å². The molecule has 0 aromatic heterocycles. The van der Waals surface area contributed by atoms with E-state index in [1.165, 1.54) is 12.1 Å². The summed E-state index contributed by atoms with van der Waals surface area (Å²) in [6.07, 6.45) is 0.845. The Hall–Kier alpha value is -4.18. The average molecular weight is 907 g/mol. The highest BCUT2D eigenvalue weighted by Gasteiger charge is 2.56. The van der Waals surface area contributed by atoms with Crippen LogP contribution in [0.2, 0.25) is 0 Å². The summed E-state index contributed by atoms with van der Waals surface area (Å²) < 4.78 is 86.7. The lowest BCUT2D eigenvalue weighted by Gasteiger charge is -2.54. The largest absolute Gasteiger partial charge is 0.491 e. The van der Waals surface area contributed by atoms with Crippen molar-refractivity contribution in [3.63, 3.8) is 0 Å². The maximum Gasteiger partial charge on any atom is 0.491 e. The van der Waals surface area contributed by atoms with E-state index in [9.17, 15) is 45.5 Å². The molecular formula is C48H64F6N4O6. The van der Waals surface area contributed by atoms with Gasteiger partial charge in [-0.15, -0.1) is 0 Å². The normalized spacial score (nSPS) is 27.5. The fourth-order valence-electron chi connectivity index (χ4n) is 11.9. The molecule has 0 aliphatic heterocycles. The molecule has 6 rings (SSSR count). The number of fused-ring (bicyclic) bond motifs is 6. The van der Waals surface area contributed by atoms with Gasteiger partial charge in [0, 0.05) is 13.1 Å². The second kappa shape index (κ2) is 19.7. The van der Waals surface area contributed by atoms with E-state index in [0.717, 1.165) is 125 Å². The van der Waals surface area contributed by atoms with Gasteiger partial charge >= 0.3 is 24.3 Å². The number of aryl methyl sites for hydroxylation is 2. The lowest BCUT2D eigenvalue weighted by atomic mass is 9.49. The van der Waals surface area contributed by atoms with Gasteiger partial charge in [-0.05, 0) is 172 Å². The van der Waals surface area contributed by atoms with Gasteiger partial charge in [-0.1, -0.05) is 52.7 Å². The highest BCUT2D eigenvalue weighted by molar-refractivity contribution is 5.84. The van der Waals surface area contributed by atoms with Gasteiger partial charge in [-0.3, -0.25) is 9.59 Å². The number of nitrogens with one attached hydrogen (secondary N) is 4. The second-order valence-electron chi connectivity index (χ2n) is 19.4. The quantitative estimate of drug-likeness (QED) is 0.0540. The Labute approximate surface area is 372 Å². The van der Waals surface area contributed by atoms with Crippen molar-refractivity contribution in [1.29, 1.82) is 0 Å². The van der Waals surface area contributed by atoms with Crippen LogP contribution in [0, 0.1) is 22.7 Å². The third-order valence-electron chi connectivity index (χ3n) is 15.2. The van der Waals surface area contributed by atoms with E-state index >= 15 is 0 Å². The topological polar surface area (TPSA) is 135 Å². The Bertz CT molecular complexity index is 1890. The van der Waals surface area contributed by atoms with Crippen LogP contribution in [0.5, 0.6) is 11.5 Å². The molecule has 4 aliphatic rings. The lowest BCUT2D eigenvalue weighted by molar-refractivity contribution is -0.189. The molecule has 2 aromatic carbocycles. The molecule has 0 spiro atoms. The van der Waals surface area contributed by atoms with Crippen molar-refractivity contribution in [1.82, 2.24) is 21.3 Å². The van der Waals surface area contributed by atoms with Crippen LogP contribution in [0.1, 0.15) is 127 Å². The van der Waals surface area contributed by atoms with Gasteiger partial charge in [0.15, 0.2) is 0 Å². The Balaban J connectivity index is 0.844. The molecule has 354 valence electrons. The number of hydrogen-bond donors (Lipinski definition) is 4. The summed E-state index contributed by atoms with van der Waals surface area (Å²) in [5.41, 5.74) is 1.55. The van der Waals surface area contributed by atoms with E-state index in [1.54, 1.807) is 24.3 Å². The average Bonchev–Trinajstić information content (AvgIpc) is 3.23. The van der Waals surface area contributed by atoms with Crippen molar-refractivity contribution >= 4 is 23.8 Å². The highest BCUT2D eigenvalue weighted by Crippen LogP contribution is 2.59. The van der Waals surface area contributed by atoms with Gasteiger partial charge in [0.2, 0.25) is 11.8 Å². The van der Waals surface area contributed by atoms with Crippen LogP contribution >= 0.6 is 0 Å². The number of amides is 2. The molecular weight excluding hydrogens is 843 g/mol. The Morgan fingerprint density at radius 3 is 1.31 bits per heavy atom. The number of esters is 2. The van der Waals surface area contributed by atoms with Crippen molar-refractivity contribution in [3.05, 3.63) is 58.7 Å². The first-order valence-corrected chi connectivity index (χ1v) is 23.0. The van der Waals surface area contributed by atoms with Gasteiger partial charge in [-0.2, -0.15) is 26.3 Å². The van der Waals surface area contributed by atoms with E-state index in [1.807, 2.05) is 13.8 Å². The highest BCUT2D eigenvalue weighted by atomic mass is 19.4. The first-order chi connectivity index (χ1) is 30.1. The van der Waals surface area contributed by atoms with E-state index in [2.05, 4.69) is 44.6 Å². The standard InChI is InChI=1S/C48H64F6N4O6/c1-43-19-7-21-45(3,37(43)17-13-31-11-15-33(29-35(31)43)63-41(61)47(49,50)51)39(59)57-27-9-25-55-23-5-6-24-56-26-10-28-58-40(60)46(4)22-8-20-44(2)36-30-34(64-42(62)48(52,53)54)16-12-32(36)14-18-38(44)46/h11-12,15-16,29-30,37-38,55-56H,5-10,13-14,17-28H2,1-4H3,(H,57,59)(H,58,60)/t37-,38-,43-,44-,45+,46+/m1/s1. The number of alkyl halides is 6. The molecule has 10 nitrogen and oxygen atoms in total. The predicted octanol–water partition coefficient (Wildman–Crippen LogP) is 8.31. The van der Waals surface area contributed by atoms with Gasteiger partial charge < -0.3 is 30.7 Å². The monoisotopic (exact) mass is 906 g/mol. The van der Waals surface area contributed by atoms with Crippen LogP contribution in [-0.2, 0) is 42.8 Å². The SMILES string of the molecule is C[C@]1(C(=O)NCCCNCCCCNCCCNC(=O)[C@@]2(C)CCC[C@]3(C)c4cc(OC(=O)C(F)(F)F)ccc4CC[C@@H]23)CCC[C@]2(C)c3cc(OC(=O)C(F)(F)F)ccc3CC[C@@H]12. The first kappa shape index (κ1) is 49.3. The lowest BCUT2D eigenvalue weighted by Crippen LogP contribution is -2.55. The molecule has 0 heterocycles. The third-order valence-corrected chi connectivity index (χ3v) is 15.2. The van der Waals surface area contributed by atoms with Crippen molar-refractivity contribution in [2.45, 2.75) is 141 Å². The molecule has 64 heavy (non-hydrogen) atoms. The summed E-state index contributed by atoms with van der Waals surface area (Å²) in [5.74, 6) is -4.83. The number of hydrogen-bond acceptors (Lipinski definition) is 8. The number of rotatable bonds is 17. The number of halogens is 6. The zero-order valence-corrected chi connectivity index (χ0v) is 37.5. The Morgan fingerprint density at radius 1 is 0.562 bits per heavy atom. The van der Waals surface area contributed by atoms with E-state index < -0.39 is 46.0 Å². The summed E-state index contributed by atoms with van der Waals surface area (Å²) >= 11 is 0. The van der Waals surface area contributed by atoms with Crippen LogP contribution in [0.25, 0.3) is 0 Å². The summed E-state index contributed by atoms with van der Waals surface area (Å²) in [5, 5.41) is 13.2. The molecule has 4 N–H and O–H groups in total. The van der Waals surface area contributed by atoms with Crippen molar-refractivity contribution in [2.75, 3.05) is 39.3 Å². The summed E-state index contributed by atoms with van der Waals surface area (Å²) in [4.78, 5) is 50.5. The minimum Gasteiger partial charge on any atom is -0.420 e. The first-order valence-electron chi connectivity index (χ1n) is 23.0. The summed E-state index contributed by atoms with van der Waals surface area (Å²) in [6, 6.07) is 9.41. The van der Waals surface area contributed by atoms with Crippen molar-refractivity contribution in [2.24, 2.45) is 22.7 Å². The molecule has 2 amide bonds. The van der Waals surface area contributed by atoms with Crippen LogP contribution in [0.3, 0.4) is 0 Å². The zero-order valence-electron chi connectivity index (χ0n) is 37.5. The van der Waals surface area contributed by atoms with Crippen molar-refractivity contribution in [3.8, 4) is 11.5 Å². The zero-order chi connectivity index (χ0) is 46.6. The van der Waals surface area contributed by atoms with Gasteiger partial charge in [-0.25, -0.2) is 9.59 Å². The number of benzene rings is 2. The number of carbonyl (C=O) groups is 4. The fraction of sp³-hybridized carbons (Fsp3) is 0.667. The Morgan fingerprint density at radius 2 is 0.938 bits per heavy atom. The fourth-order valence-corrected chi connectivity index (χ4v) is 11.9. The molecule has 2 aromatic rings. The van der Waals surface area contributed by atoms with Gasteiger partial charge in [0.1, 0.15) is 11.5 Å².